The summed E-state index contributed by atoms with van der Waals surface area (Å²) in [6, 6.07) is 13.5. The van der Waals surface area contributed by atoms with Gasteiger partial charge in [0.1, 0.15) is 5.75 Å². The van der Waals surface area contributed by atoms with Gasteiger partial charge in [-0.15, -0.1) is 11.3 Å². The van der Waals surface area contributed by atoms with E-state index in [2.05, 4.69) is 22.5 Å². The molecule has 0 radical (unpaired) electrons. The lowest BCUT2D eigenvalue weighted by Gasteiger charge is -2.06. The van der Waals surface area contributed by atoms with E-state index in [0.29, 0.717) is 22.3 Å². The van der Waals surface area contributed by atoms with Crippen molar-refractivity contribution in [3.63, 3.8) is 0 Å². The fourth-order valence-corrected chi connectivity index (χ4v) is 3.61. The normalized spacial score (nSPS) is 17.8. The molecule has 1 heterocycles. The van der Waals surface area contributed by atoms with E-state index in [1.807, 2.05) is 5.38 Å². The molecule has 3 N–H and O–H groups in total. The van der Waals surface area contributed by atoms with Crippen LogP contribution >= 0.6 is 11.3 Å². The van der Waals surface area contributed by atoms with Crippen molar-refractivity contribution in [1.82, 2.24) is 4.98 Å². The minimum Gasteiger partial charge on any atom is -0.508 e. The van der Waals surface area contributed by atoms with Crippen molar-refractivity contribution >= 4 is 34.0 Å². The molecular weight excluding hydrogens is 374 g/mol. The van der Waals surface area contributed by atoms with Gasteiger partial charge in [-0.05, 0) is 60.9 Å². The minimum absolute atomic E-state index is 0.0363. The number of thiazole rings is 1. The summed E-state index contributed by atoms with van der Waals surface area (Å²) in [6.07, 6.45) is 0.937. The van der Waals surface area contributed by atoms with Gasteiger partial charge in [0.15, 0.2) is 5.13 Å². The van der Waals surface area contributed by atoms with Crippen LogP contribution in [0.4, 0.5) is 10.8 Å². The molecule has 28 heavy (non-hydrogen) atoms. The first-order valence-electron chi connectivity index (χ1n) is 8.97. The lowest BCUT2D eigenvalue weighted by atomic mass is 10.2. The lowest BCUT2D eigenvalue weighted by Crippen LogP contribution is -2.15. The molecule has 142 valence electrons. The number of aromatic hydroxyl groups is 1. The number of rotatable bonds is 5. The smallest absolute Gasteiger partial charge is 0.257 e. The lowest BCUT2D eigenvalue weighted by molar-refractivity contribution is -0.117. The van der Waals surface area contributed by atoms with Crippen LogP contribution in [0.25, 0.3) is 11.3 Å². The van der Waals surface area contributed by atoms with Crippen molar-refractivity contribution < 1.29 is 14.7 Å². The van der Waals surface area contributed by atoms with Crippen LogP contribution in [0.15, 0.2) is 53.9 Å². The molecule has 0 bridgehead atoms. The number of anilines is 2. The number of phenolic OH excluding ortho intramolecular Hbond substituents is 1. The maximum absolute atomic E-state index is 12.4. The predicted octanol–water partition coefficient (Wildman–Crippen LogP) is 4.36. The van der Waals surface area contributed by atoms with Crippen LogP contribution in [0, 0.1) is 11.8 Å². The Kier molecular flexibility index (Phi) is 4.83. The number of nitrogens with one attached hydrogen (secondary N) is 2. The molecule has 0 saturated heterocycles. The number of amides is 2. The largest absolute Gasteiger partial charge is 0.508 e. The Morgan fingerprint density at radius 2 is 1.75 bits per heavy atom. The van der Waals surface area contributed by atoms with Crippen molar-refractivity contribution in [1.29, 1.82) is 0 Å². The van der Waals surface area contributed by atoms with Gasteiger partial charge in [-0.3, -0.25) is 14.9 Å². The number of phenols is 1. The topological polar surface area (TPSA) is 91.3 Å². The Balaban J connectivity index is 1.38. The third kappa shape index (κ3) is 4.04. The number of carbonyl (C=O) groups excluding carboxylic acids is 2. The molecule has 0 aliphatic heterocycles. The van der Waals surface area contributed by atoms with Crippen LogP contribution < -0.4 is 10.6 Å². The van der Waals surface area contributed by atoms with Gasteiger partial charge >= 0.3 is 0 Å². The monoisotopic (exact) mass is 393 g/mol. The summed E-state index contributed by atoms with van der Waals surface area (Å²) in [5.41, 5.74) is 2.76. The second-order valence-corrected chi connectivity index (χ2v) is 7.78. The highest BCUT2D eigenvalue weighted by atomic mass is 32.1. The first-order valence-corrected chi connectivity index (χ1v) is 9.85. The van der Waals surface area contributed by atoms with Crippen molar-refractivity contribution in [3.05, 3.63) is 59.5 Å². The molecule has 3 aromatic rings. The van der Waals surface area contributed by atoms with E-state index in [1.165, 1.54) is 11.3 Å². The Morgan fingerprint density at radius 3 is 2.39 bits per heavy atom. The second-order valence-electron chi connectivity index (χ2n) is 6.92. The standard InChI is InChI=1S/C21H19N3O3S/c1-12-10-17(12)20(27)22-15-6-2-14(3-7-15)19(26)24-21-23-18(11-28-21)13-4-8-16(25)9-5-13/h2-9,11-12,17,25H,10H2,1H3,(H,22,27)(H,23,24,26)/t12-,17-/m0/s1. The van der Waals surface area contributed by atoms with Crippen LogP contribution in [0.1, 0.15) is 23.7 Å². The Bertz CT molecular complexity index is 1010. The zero-order chi connectivity index (χ0) is 19.7. The van der Waals surface area contributed by atoms with E-state index in [-0.39, 0.29) is 23.5 Å². The van der Waals surface area contributed by atoms with Crippen molar-refractivity contribution in [2.75, 3.05) is 10.6 Å². The van der Waals surface area contributed by atoms with E-state index in [9.17, 15) is 14.7 Å². The van der Waals surface area contributed by atoms with Gasteiger partial charge in [0.2, 0.25) is 5.91 Å². The number of hydrogen-bond acceptors (Lipinski definition) is 5. The highest BCUT2D eigenvalue weighted by Gasteiger charge is 2.39. The van der Waals surface area contributed by atoms with E-state index >= 15 is 0 Å². The van der Waals surface area contributed by atoms with E-state index < -0.39 is 0 Å². The van der Waals surface area contributed by atoms with Crippen molar-refractivity contribution in [3.8, 4) is 17.0 Å². The highest BCUT2D eigenvalue weighted by molar-refractivity contribution is 7.14. The Hall–Kier alpha value is -3.19. The molecule has 6 nitrogen and oxygen atoms in total. The van der Waals surface area contributed by atoms with E-state index in [4.69, 9.17) is 0 Å². The van der Waals surface area contributed by atoms with E-state index in [0.717, 1.165) is 17.7 Å². The quantitative estimate of drug-likeness (QED) is 0.600. The van der Waals surface area contributed by atoms with Gasteiger partial charge in [-0.2, -0.15) is 0 Å². The summed E-state index contributed by atoms with van der Waals surface area (Å²) in [5, 5.41) is 17.4. The molecule has 1 aromatic heterocycles. The third-order valence-electron chi connectivity index (χ3n) is 4.75. The van der Waals surface area contributed by atoms with Crippen molar-refractivity contribution in [2.45, 2.75) is 13.3 Å². The number of carbonyl (C=O) groups is 2. The van der Waals surface area contributed by atoms with Crippen molar-refractivity contribution in [2.24, 2.45) is 11.8 Å². The molecule has 2 aromatic carbocycles. The van der Waals surface area contributed by atoms with Crippen LogP contribution in [0.5, 0.6) is 5.75 Å². The Labute approximate surface area is 166 Å². The average Bonchev–Trinajstić information content (AvgIpc) is 3.25. The molecule has 7 heteroatoms. The molecular formula is C21H19N3O3S. The molecule has 2 amide bonds. The molecule has 1 aliphatic rings. The third-order valence-corrected chi connectivity index (χ3v) is 5.51. The molecule has 1 aliphatic carbocycles. The second kappa shape index (κ2) is 7.44. The molecule has 0 spiro atoms. The van der Waals surface area contributed by atoms with Crippen LogP contribution in [0.3, 0.4) is 0 Å². The molecule has 1 fully saturated rings. The number of benzene rings is 2. The zero-order valence-corrected chi connectivity index (χ0v) is 16.0. The summed E-state index contributed by atoms with van der Waals surface area (Å²) in [4.78, 5) is 28.8. The number of aromatic nitrogens is 1. The fraction of sp³-hybridized carbons (Fsp3) is 0.190. The number of nitrogens with zero attached hydrogens (tertiary/aromatic N) is 1. The van der Waals surface area contributed by atoms with Gasteiger partial charge in [0.05, 0.1) is 5.69 Å². The maximum Gasteiger partial charge on any atom is 0.257 e. The maximum atomic E-state index is 12.4. The zero-order valence-electron chi connectivity index (χ0n) is 15.2. The molecule has 4 rings (SSSR count). The first-order chi connectivity index (χ1) is 13.5. The van der Waals surface area contributed by atoms with Crippen LogP contribution in [0.2, 0.25) is 0 Å². The highest BCUT2D eigenvalue weighted by Crippen LogP contribution is 2.38. The van der Waals surface area contributed by atoms with Crippen LogP contribution in [-0.4, -0.2) is 21.9 Å². The molecule has 0 unspecified atom stereocenters. The van der Waals surface area contributed by atoms with Gasteiger partial charge in [-0.1, -0.05) is 6.92 Å². The number of hydrogen-bond donors (Lipinski definition) is 3. The Morgan fingerprint density at radius 1 is 1.07 bits per heavy atom. The summed E-state index contributed by atoms with van der Waals surface area (Å²) in [5.74, 6) is 0.527. The summed E-state index contributed by atoms with van der Waals surface area (Å²) in [7, 11) is 0. The fourth-order valence-electron chi connectivity index (χ4n) is 2.89. The predicted molar refractivity (Wildman–Crippen MR) is 110 cm³/mol. The average molecular weight is 393 g/mol. The molecule has 2 atom stereocenters. The SMILES string of the molecule is C[C@H]1C[C@@H]1C(=O)Nc1ccc(C(=O)Nc2nc(-c3ccc(O)cc3)cs2)cc1. The van der Waals surface area contributed by atoms with Gasteiger partial charge in [0.25, 0.3) is 5.91 Å². The first kappa shape index (κ1) is 18.2. The summed E-state index contributed by atoms with van der Waals surface area (Å²) >= 11 is 1.33. The van der Waals surface area contributed by atoms with E-state index in [1.54, 1.807) is 48.5 Å². The van der Waals surface area contributed by atoms with Gasteiger partial charge in [-0.25, -0.2) is 4.98 Å². The van der Waals surface area contributed by atoms with Gasteiger partial charge in [0, 0.05) is 28.1 Å². The summed E-state index contributed by atoms with van der Waals surface area (Å²) < 4.78 is 0. The van der Waals surface area contributed by atoms with Crippen LogP contribution in [-0.2, 0) is 4.79 Å². The van der Waals surface area contributed by atoms with Gasteiger partial charge < -0.3 is 10.4 Å². The summed E-state index contributed by atoms with van der Waals surface area (Å²) in [6.45, 7) is 2.06. The molecule has 1 saturated carbocycles. The minimum atomic E-state index is -0.264.